The zero-order valence-corrected chi connectivity index (χ0v) is 18.1. The van der Waals surface area contributed by atoms with Crippen LogP contribution in [0.4, 0.5) is 10.5 Å². The number of methoxy groups -OCH3 is 3. The molecule has 2 N–H and O–H groups in total. The van der Waals surface area contributed by atoms with E-state index < -0.39 is 6.10 Å². The van der Waals surface area contributed by atoms with Gasteiger partial charge in [0.05, 0.1) is 46.3 Å². The summed E-state index contributed by atoms with van der Waals surface area (Å²) in [5, 5.41) is 12.8. The van der Waals surface area contributed by atoms with Crippen LogP contribution in [0.1, 0.15) is 19.4 Å². The van der Waals surface area contributed by atoms with Crippen LogP contribution in [0.3, 0.4) is 0 Å². The highest BCUT2D eigenvalue weighted by Gasteiger charge is 2.20. The zero-order valence-electron chi connectivity index (χ0n) is 18.1. The third-order valence-electron chi connectivity index (χ3n) is 4.32. The number of nitrogens with zero attached hydrogens (tertiary/aromatic N) is 1. The van der Waals surface area contributed by atoms with Gasteiger partial charge in [-0.05, 0) is 19.9 Å². The van der Waals surface area contributed by atoms with Gasteiger partial charge in [-0.25, -0.2) is 4.79 Å². The third-order valence-corrected chi connectivity index (χ3v) is 4.32. The molecule has 1 unspecified atom stereocenters. The highest BCUT2D eigenvalue weighted by Crippen LogP contribution is 2.40. The second kappa shape index (κ2) is 11.2. The van der Waals surface area contributed by atoms with Crippen molar-refractivity contribution < 1.29 is 28.8 Å². The smallest absolute Gasteiger partial charge is 0.322 e. The summed E-state index contributed by atoms with van der Waals surface area (Å²) in [6.07, 6.45) is -0.699. The van der Waals surface area contributed by atoms with Crippen LogP contribution in [0.25, 0.3) is 0 Å². The lowest BCUT2D eigenvalue weighted by Crippen LogP contribution is -2.39. The van der Waals surface area contributed by atoms with Crippen molar-refractivity contribution >= 4 is 11.7 Å². The fourth-order valence-corrected chi connectivity index (χ4v) is 3.03. The van der Waals surface area contributed by atoms with E-state index >= 15 is 0 Å². The number of urea groups is 1. The Morgan fingerprint density at radius 2 is 1.70 bits per heavy atom. The number of carbonyl (C=O) groups excluding carboxylic acids is 1. The first-order valence-electron chi connectivity index (χ1n) is 9.68. The van der Waals surface area contributed by atoms with Gasteiger partial charge in [0, 0.05) is 24.2 Å². The van der Waals surface area contributed by atoms with Gasteiger partial charge in [0.15, 0.2) is 11.5 Å². The van der Waals surface area contributed by atoms with Gasteiger partial charge in [0.25, 0.3) is 0 Å². The van der Waals surface area contributed by atoms with E-state index in [9.17, 15) is 9.90 Å². The molecule has 2 amide bonds. The van der Waals surface area contributed by atoms with Crippen LogP contribution in [0, 0.1) is 0 Å². The quantitative estimate of drug-likeness (QED) is 0.614. The summed E-state index contributed by atoms with van der Waals surface area (Å²) < 4.78 is 21.6. The largest absolute Gasteiger partial charge is 0.494 e. The molecule has 30 heavy (non-hydrogen) atoms. The number of hydrogen-bond acceptors (Lipinski definition) is 6. The van der Waals surface area contributed by atoms with E-state index in [2.05, 4.69) is 5.32 Å². The van der Waals surface area contributed by atoms with E-state index in [-0.39, 0.29) is 19.1 Å². The Hall–Kier alpha value is -3.13. The molecule has 0 fully saturated rings. The lowest BCUT2D eigenvalue weighted by Gasteiger charge is -2.26. The fraction of sp³-hybridized carbons (Fsp3) is 0.409. The van der Waals surface area contributed by atoms with Crippen molar-refractivity contribution in [2.75, 3.05) is 39.8 Å². The normalized spacial score (nSPS) is 11.4. The Morgan fingerprint density at radius 1 is 1.07 bits per heavy atom. The Kier molecular flexibility index (Phi) is 8.61. The van der Waals surface area contributed by atoms with Crippen LogP contribution in [0.15, 0.2) is 36.4 Å². The van der Waals surface area contributed by atoms with Crippen molar-refractivity contribution in [3.63, 3.8) is 0 Å². The topological polar surface area (TPSA) is 89.5 Å². The van der Waals surface area contributed by atoms with Crippen LogP contribution < -0.4 is 24.3 Å². The third kappa shape index (κ3) is 5.93. The minimum absolute atomic E-state index is 0.150. The number of benzene rings is 2. The number of ether oxygens (including phenoxy) is 4. The second-order valence-electron chi connectivity index (χ2n) is 6.61. The average Bonchev–Trinajstić information content (AvgIpc) is 2.73. The van der Waals surface area contributed by atoms with E-state index in [1.165, 1.54) is 26.2 Å². The highest BCUT2D eigenvalue weighted by molar-refractivity contribution is 5.90. The van der Waals surface area contributed by atoms with Gasteiger partial charge in [-0.2, -0.15) is 0 Å². The minimum Gasteiger partial charge on any atom is -0.494 e. The number of carbonyl (C=O) groups is 1. The molecule has 0 aromatic heterocycles. The number of aliphatic hydroxyl groups excluding tert-OH is 1. The van der Waals surface area contributed by atoms with Gasteiger partial charge in [-0.15, -0.1) is 0 Å². The van der Waals surface area contributed by atoms with E-state index in [1.54, 1.807) is 19.1 Å². The van der Waals surface area contributed by atoms with Crippen LogP contribution in [0.5, 0.6) is 23.0 Å². The van der Waals surface area contributed by atoms with E-state index in [4.69, 9.17) is 18.9 Å². The molecule has 2 aromatic rings. The molecular formula is C22H30N2O6. The van der Waals surface area contributed by atoms with Gasteiger partial charge in [-0.3, -0.25) is 0 Å². The van der Waals surface area contributed by atoms with Crippen LogP contribution in [-0.2, 0) is 6.54 Å². The first-order chi connectivity index (χ1) is 14.4. The molecule has 164 valence electrons. The Morgan fingerprint density at radius 3 is 2.23 bits per heavy atom. The monoisotopic (exact) mass is 418 g/mol. The van der Waals surface area contributed by atoms with Crippen molar-refractivity contribution in [3.8, 4) is 23.0 Å². The number of anilines is 1. The molecule has 0 aliphatic heterocycles. The maximum atomic E-state index is 13.0. The number of amides is 2. The number of para-hydroxylation sites is 1. The number of hydrogen-bond donors (Lipinski definition) is 2. The lowest BCUT2D eigenvalue weighted by molar-refractivity contribution is 0.135. The van der Waals surface area contributed by atoms with Crippen molar-refractivity contribution in [1.29, 1.82) is 0 Å². The molecule has 0 aliphatic carbocycles. The van der Waals surface area contributed by atoms with Crippen molar-refractivity contribution in [1.82, 2.24) is 4.90 Å². The highest BCUT2D eigenvalue weighted by atomic mass is 16.5. The molecule has 8 heteroatoms. The number of rotatable bonds is 10. The molecule has 0 spiro atoms. The molecule has 0 saturated heterocycles. The summed E-state index contributed by atoms with van der Waals surface area (Å²) in [4.78, 5) is 14.5. The summed E-state index contributed by atoms with van der Waals surface area (Å²) in [5.74, 6) is 1.99. The number of aliphatic hydroxyl groups is 1. The molecule has 0 saturated carbocycles. The summed E-state index contributed by atoms with van der Waals surface area (Å²) in [5.41, 5.74) is 1.32. The van der Waals surface area contributed by atoms with Crippen molar-refractivity contribution in [2.45, 2.75) is 26.5 Å². The van der Waals surface area contributed by atoms with Crippen LogP contribution in [-0.4, -0.2) is 56.6 Å². The number of nitrogens with one attached hydrogen (secondary N) is 1. The first-order valence-corrected chi connectivity index (χ1v) is 9.68. The van der Waals surface area contributed by atoms with Gasteiger partial charge in [0.1, 0.15) is 5.75 Å². The summed E-state index contributed by atoms with van der Waals surface area (Å²) in [6, 6.07) is 10.4. The molecule has 0 bridgehead atoms. The molecular weight excluding hydrogens is 388 g/mol. The Balaban J connectivity index is 2.28. The Bertz CT molecular complexity index is 815. The molecule has 0 heterocycles. The minimum atomic E-state index is -0.699. The van der Waals surface area contributed by atoms with Gasteiger partial charge in [-0.1, -0.05) is 18.2 Å². The maximum absolute atomic E-state index is 13.0. The fourth-order valence-electron chi connectivity index (χ4n) is 3.03. The molecule has 8 nitrogen and oxygen atoms in total. The van der Waals surface area contributed by atoms with E-state index in [0.29, 0.717) is 35.3 Å². The van der Waals surface area contributed by atoms with Crippen LogP contribution in [0.2, 0.25) is 0 Å². The zero-order chi connectivity index (χ0) is 22.1. The lowest BCUT2D eigenvalue weighted by atomic mass is 10.2. The molecule has 1 atom stereocenters. The van der Waals surface area contributed by atoms with Gasteiger partial charge >= 0.3 is 6.03 Å². The second-order valence-corrected chi connectivity index (χ2v) is 6.61. The summed E-state index contributed by atoms with van der Waals surface area (Å²) >= 11 is 0. The maximum Gasteiger partial charge on any atom is 0.322 e. The van der Waals surface area contributed by atoms with Crippen LogP contribution >= 0.6 is 0 Å². The molecule has 2 rings (SSSR count). The first kappa shape index (κ1) is 23.2. The predicted octanol–water partition coefficient (Wildman–Crippen LogP) is 3.53. The average molecular weight is 418 g/mol. The summed E-state index contributed by atoms with van der Waals surface area (Å²) in [7, 11) is 4.53. The van der Waals surface area contributed by atoms with E-state index in [0.717, 1.165) is 5.56 Å². The van der Waals surface area contributed by atoms with Crippen molar-refractivity contribution in [2.24, 2.45) is 0 Å². The van der Waals surface area contributed by atoms with Crippen molar-refractivity contribution in [3.05, 3.63) is 42.0 Å². The predicted molar refractivity (Wildman–Crippen MR) is 115 cm³/mol. The molecule has 2 aromatic carbocycles. The molecule has 0 radical (unpaired) electrons. The molecule has 0 aliphatic rings. The van der Waals surface area contributed by atoms with Gasteiger partial charge < -0.3 is 34.3 Å². The summed E-state index contributed by atoms with van der Waals surface area (Å²) in [6.45, 7) is 4.48. The standard InChI is InChI=1S/C22H30N2O6/c1-6-30-18-10-8-7-9-16(18)14-24(13-15(2)25)22(26)23-17-11-19(27-3)21(29-5)20(12-17)28-4/h7-12,15,25H,6,13-14H2,1-5H3,(H,23,26). The van der Waals surface area contributed by atoms with E-state index in [1.807, 2.05) is 31.2 Å². The SMILES string of the molecule is CCOc1ccccc1CN(CC(C)O)C(=O)Nc1cc(OC)c(OC)c(OC)c1. The van der Waals surface area contributed by atoms with Gasteiger partial charge in [0.2, 0.25) is 5.75 Å². The Labute approximate surface area is 177 Å².